The van der Waals surface area contributed by atoms with Crippen molar-refractivity contribution < 1.29 is 28.9 Å². The summed E-state index contributed by atoms with van der Waals surface area (Å²) in [7, 11) is 3.94. The first-order valence-electron chi connectivity index (χ1n) is 14.2. The third-order valence-corrected chi connectivity index (χ3v) is 7.25. The molecule has 4 rings (SSSR count). The Labute approximate surface area is 237 Å². The molecule has 0 unspecified atom stereocenters. The molecule has 8 heteroatoms. The maximum absolute atomic E-state index is 13.5. The SMILES string of the molecule is CCOc1cc([C@H]2/C(=C(\O)c3ccc4c(c3)C[C@H](C)O4)C(=O)C(=O)N2CCCN(C)C)ccc1OCCC(C)C. The van der Waals surface area contributed by atoms with E-state index in [1.165, 1.54) is 0 Å². The zero-order valence-electron chi connectivity index (χ0n) is 24.5. The van der Waals surface area contributed by atoms with Crippen molar-refractivity contribution in [2.45, 2.75) is 59.1 Å². The van der Waals surface area contributed by atoms with Crippen molar-refractivity contribution in [1.82, 2.24) is 9.80 Å². The molecule has 216 valence electrons. The second-order valence-corrected chi connectivity index (χ2v) is 11.3. The molecular weight excluding hydrogens is 508 g/mol. The molecule has 0 bridgehead atoms. The number of ketones is 1. The van der Waals surface area contributed by atoms with Crippen LogP contribution in [-0.4, -0.2) is 73.1 Å². The molecule has 0 spiro atoms. The fourth-order valence-corrected chi connectivity index (χ4v) is 5.23. The quantitative estimate of drug-likeness (QED) is 0.221. The highest BCUT2D eigenvalue weighted by molar-refractivity contribution is 6.46. The summed E-state index contributed by atoms with van der Waals surface area (Å²) in [4.78, 5) is 30.5. The second-order valence-electron chi connectivity index (χ2n) is 11.3. The van der Waals surface area contributed by atoms with Gasteiger partial charge >= 0.3 is 0 Å². The van der Waals surface area contributed by atoms with Crippen molar-refractivity contribution in [3.63, 3.8) is 0 Å². The van der Waals surface area contributed by atoms with Gasteiger partial charge in [0, 0.05) is 18.5 Å². The van der Waals surface area contributed by atoms with Gasteiger partial charge in [0.05, 0.1) is 24.8 Å². The van der Waals surface area contributed by atoms with Crippen molar-refractivity contribution in [2.75, 3.05) is 40.4 Å². The number of fused-ring (bicyclic) bond motifs is 1. The number of hydrogen-bond donors (Lipinski definition) is 1. The van der Waals surface area contributed by atoms with Crippen LogP contribution < -0.4 is 14.2 Å². The van der Waals surface area contributed by atoms with E-state index < -0.39 is 17.7 Å². The third-order valence-electron chi connectivity index (χ3n) is 7.25. The number of nitrogens with zero attached hydrogens (tertiary/aromatic N) is 2. The van der Waals surface area contributed by atoms with E-state index in [-0.39, 0.29) is 17.4 Å². The highest BCUT2D eigenvalue weighted by Crippen LogP contribution is 2.43. The van der Waals surface area contributed by atoms with Crippen molar-refractivity contribution in [3.05, 3.63) is 58.7 Å². The summed E-state index contributed by atoms with van der Waals surface area (Å²) in [6.07, 6.45) is 2.35. The second kappa shape index (κ2) is 12.8. The number of carbonyl (C=O) groups is 2. The van der Waals surface area contributed by atoms with Crippen molar-refractivity contribution >= 4 is 17.4 Å². The minimum absolute atomic E-state index is 0.0490. The van der Waals surface area contributed by atoms with Crippen molar-refractivity contribution in [1.29, 1.82) is 0 Å². The van der Waals surface area contributed by atoms with E-state index in [1.54, 1.807) is 11.0 Å². The molecule has 2 aromatic carbocycles. The number of aliphatic hydroxyl groups excluding tert-OH is 1. The third kappa shape index (κ3) is 6.44. The Morgan fingerprint density at radius 1 is 1.12 bits per heavy atom. The number of ether oxygens (including phenoxy) is 3. The normalized spacial score (nSPS) is 19.9. The molecule has 0 aromatic heterocycles. The highest BCUT2D eigenvalue weighted by atomic mass is 16.5. The monoisotopic (exact) mass is 550 g/mol. The fourth-order valence-electron chi connectivity index (χ4n) is 5.23. The van der Waals surface area contributed by atoms with Gasteiger partial charge in [-0.05, 0) is 94.7 Å². The van der Waals surface area contributed by atoms with Gasteiger partial charge in [0.25, 0.3) is 11.7 Å². The van der Waals surface area contributed by atoms with Gasteiger partial charge in [0.15, 0.2) is 11.5 Å². The van der Waals surface area contributed by atoms with Crippen molar-refractivity contribution in [3.8, 4) is 17.2 Å². The Bertz CT molecular complexity index is 1270. The Kier molecular flexibility index (Phi) is 9.40. The van der Waals surface area contributed by atoms with Crippen LogP contribution in [0, 0.1) is 5.92 Å². The lowest BCUT2D eigenvalue weighted by Gasteiger charge is -2.26. The Morgan fingerprint density at radius 3 is 2.60 bits per heavy atom. The molecule has 1 N–H and O–H groups in total. The molecule has 1 saturated heterocycles. The Morgan fingerprint density at radius 2 is 1.90 bits per heavy atom. The summed E-state index contributed by atoms with van der Waals surface area (Å²) in [5.74, 6) is 0.960. The van der Waals surface area contributed by atoms with Gasteiger partial charge in [-0.2, -0.15) is 0 Å². The van der Waals surface area contributed by atoms with Gasteiger partial charge < -0.3 is 29.1 Å². The van der Waals surface area contributed by atoms with Crippen LogP contribution in [0.4, 0.5) is 0 Å². The van der Waals surface area contributed by atoms with Crippen LogP contribution in [0.5, 0.6) is 17.2 Å². The number of rotatable bonds is 12. The number of amides is 1. The first-order chi connectivity index (χ1) is 19.1. The lowest BCUT2D eigenvalue weighted by atomic mass is 9.94. The molecule has 8 nitrogen and oxygen atoms in total. The Hall–Kier alpha value is -3.52. The first-order valence-corrected chi connectivity index (χ1v) is 14.2. The predicted molar refractivity (Wildman–Crippen MR) is 155 cm³/mol. The van der Waals surface area contributed by atoms with E-state index in [4.69, 9.17) is 14.2 Å². The number of carbonyl (C=O) groups excluding carboxylic acids is 2. The molecule has 2 heterocycles. The standard InChI is InChI=1S/C32H42N2O6/c1-7-38-27-19-22(9-12-26(27)39-16-13-20(2)3)29-28(31(36)32(37)34(29)15-8-14-33(5)6)30(35)23-10-11-25-24(18-23)17-21(4)40-25/h9-12,18-21,29,35H,7-8,13-17H2,1-6H3/b30-28+/t21-,29-/m0/s1. The van der Waals surface area contributed by atoms with Gasteiger partial charge in [-0.15, -0.1) is 0 Å². The maximum atomic E-state index is 13.5. The van der Waals surface area contributed by atoms with E-state index in [2.05, 4.69) is 13.8 Å². The lowest BCUT2D eigenvalue weighted by Crippen LogP contribution is -2.32. The molecule has 2 atom stereocenters. The van der Waals surface area contributed by atoms with Crippen LogP contribution >= 0.6 is 0 Å². The van der Waals surface area contributed by atoms with E-state index in [0.717, 1.165) is 30.7 Å². The Balaban J connectivity index is 1.77. The molecular formula is C32H42N2O6. The lowest BCUT2D eigenvalue weighted by molar-refractivity contribution is -0.139. The van der Waals surface area contributed by atoms with Crippen LogP contribution in [0.2, 0.25) is 0 Å². The fraction of sp³-hybridized carbons (Fsp3) is 0.500. The summed E-state index contributed by atoms with van der Waals surface area (Å²) in [5.41, 5.74) is 2.22. The average molecular weight is 551 g/mol. The molecule has 0 radical (unpaired) electrons. The van der Waals surface area contributed by atoms with Crippen LogP contribution in [0.3, 0.4) is 0 Å². The first kappa shape index (κ1) is 29.5. The summed E-state index contributed by atoms with van der Waals surface area (Å²) < 4.78 is 17.8. The number of aliphatic hydroxyl groups is 1. The summed E-state index contributed by atoms with van der Waals surface area (Å²) >= 11 is 0. The molecule has 0 aliphatic carbocycles. The zero-order valence-corrected chi connectivity index (χ0v) is 24.5. The van der Waals surface area contributed by atoms with Gasteiger partial charge in [0.2, 0.25) is 0 Å². The van der Waals surface area contributed by atoms with Gasteiger partial charge in [-0.3, -0.25) is 9.59 Å². The molecule has 40 heavy (non-hydrogen) atoms. The molecule has 2 aliphatic rings. The largest absolute Gasteiger partial charge is 0.507 e. The van der Waals surface area contributed by atoms with E-state index in [9.17, 15) is 14.7 Å². The minimum Gasteiger partial charge on any atom is -0.507 e. The van der Waals surface area contributed by atoms with E-state index in [1.807, 2.05) is 63.2 Å². The van der Waals surface area contributed by atoms with Crippen LogP contribution in [0.25, 0.3) is 5.76 Å². The van der Waals surface area contributed by atoms with Crippen LogP contribution in [-0.2, 0) is 16.0 Å². The van der Waals surface area contributed by atoms with E-state index in [0.29, 0.717) is 54.7 Å². The number of Topliss-reactive ketones (excluding diaryl/α,β-unsaturated/α-hetero) is 1. The topological polar surface area (TPSA) is 88.5 Å². The number of hydrogen-bond acceptors (Lipinski definition) is 7. The molecule has 0 saturated carbocycles. The molecule has 1 amide bonds. The summed E-state index contributed by atoms with van der Waals surface area (Å²) in [6, 6.07) is 10.2. The van der Waals surface area contributed by atoms with Crippen LogP contribution in [0.15, 0.2) is 42.0 Å². The summed E-state index contributed by atoms with van der Waals surface area (Å²) in [6.45, 7) is 10.3. The van der Waals surface area contributed by atoms with E-state index >= 15 is 0 Å². The van der Waals surface area contributed by atoms with Gasteiger partial charge in [-0.25, -0.2) is 0 Å². The number of benzene rings is 2. The van der Waals surface area contributed by atoms with Crippen LogP contribution in [0.1, 0.15) is 63.3 Å². The highest BCUT2D eigenvalue weighted by Gasteiger charge is 2.46. The minimum atomic E-state index is -0.755. The smallest absolute Gasteiger partial charge is 0.295 e. The van der Waals surface area contributed by atoms with Gasteiger partial charge in [-0.1, -0.05) is 19.9 Å². The van der Waals surface area contributed by atoms with Gasteiger partial charge in [0.1, 0.15) is 17.6 Å². The molecule has 2 aliphatic heterocycles. The summed E-state index contributed by atoms with van der Waals surface area (Å²) in [5, 5.41) is 11.5. The molecule has 2 aromatic rings. The maximum Gasteiger partial charge on any atom is 0.295 e. The van der Waals surface area contributed by atoms with Crippen molar-refractivity contribution in [2.24, 2.45) is 5.92 Å². The zero-order chi connectivity index (χ0) is 29.0. The average Bonchev–Trinajstić information content (AvgIpc) is 3.39. The number of likely N-dealkylation sites (tertiary alicyclic amines) is 1. The predicted octanol–water partition coefficient (Wildman–Crippen LogP) is 5.21. The molecule has 1 fully saturated rings.